The third-order valence-electron chi connectivity index (χ3n) is 3.97. The van der Waals surface area contributed by atoms with Crippen molar-refractivity contribution in [2.24, 2.45) is 0 Å². The van der Waals surface area contributed by atoms with Crippen LogP contribution in [0.5, 0.6) is 5.75 Å². The molecule has 1 fully saturated rings. The Kier molecular flexibility index (Phi) is 5.95. The van der Waals surface area contributed by atoms with E-state index in [1.807, 2.05) is 0 Å². The van der Waals surface area contributed by atoms with Crippen LogP contribution in [-0.2, 0) is 4.79 Å². The number of carbonyl (C=O) groups excluding carboxylic acids is 1. The minimum atomic E-state index is -0.451. The zero-order valence-corrected chi connectivity index (χ0v) is 12.8. The van der Waals surface area contributed by atoms with Gasteiger partial charge in [0.05, 0.1) is 7.11 Å². The lowest BCUT2D eigenvalue weighted by molar-refractivity contribution is -0.129. The molecule has 0 radical (unpaired) electrons. The Balaban J connectivity index is 2.05. The summed E-state index contributed by atoms with van der Waals surface area (Å²) in [5, 5.41) is 9.10. The molecular weight excluding hydrogens is 285 g/mol. The van der Waals surface area contributed by atoms with Gasteiger partial charge in [-0.1, -0.05) is 6.07 Å². The molecule has 120 valence electrons. The van der Waals surface area contributed by atoms with E-state index in [0.29, 0.717) is 18.5 Å². The SMILES string of the molecule is COc1ccc(/C=C/C(=O)N2CCCCC2CCO)cc1F. The molecule has 1 atom stereocenters. The van der Waals surface area contributed by atoms with E-state index in [2.05, 4.69) is 0 Å². The van der Waals surface area contributed by atoms with Crippen molar-refractivity contribution in [3.05, 3.63) is 35.7 Å². The van der Waals surface area contributed by atoms with Gasteiger partial charge in [-0.3, -0.25) is 4.79 Å². The van der Waals surface area contributed by atoms with Crippen molar-refractivity contribution in [1.29, 1.82) is 0 Å². The Morgan fingerprint density at radius 1 is 1.50 bits per heavy atom. The van der Waals surface area contributed by atoms with Crippen LogP contribution in [0.4, 0.5) is 4.39 Å². The molecule has 22 heavy (non-hydrogen) atoms. The number of halogens is 1. The molecule has 1 heterocycles. The number of aliphatic hydroxyl groups excluding tert-OH is 1. The second kappa shape index (κ2) is 7.94. The third-order valence-corrected chi connectivity index (χ3v) is 3.97. The van der Waals surface area contributed by atoms with Crippen molar-refractivity contribution in [1.82, 2.24) is 4.90 Å². The Morgan fingerprint density at radius 3 is 3.00 bits per heavy atom. The third kappa shape index (κ3) is 4.07. The predicted octanol–water partition coefficient (Wildman–Crippen LogP) is 2.61. The van der Waals surface area contributed by atoms with Gasteiger partial charge in [-0.25, -0.2) is 4.39 Å². The Hall–Kier alpha value is -1.88. The van der Waals surface area contributed by atoms with E-state index in [4.69, 9.17) is 9.84 Å². The molecule has 1 aromatic rings. The van der Waals surface area contributed by atoms with Gasteiger partial charge in [0.1, 0.15) is 0 Å². The van der Waals surface area contributed by atoms with Crippen LogP contribution in [0.3, 0.4) is 0 Å². The van der Waals surface area contributed by atoms with Gasteiger partial charge in [0.25, 0.3) is 0 Å². The van der Waals surface area contributed by atoms with Crippen LogP contribution < -0.4 is 4.74 Å². The summed E-state index contributed by atoms with van der Waals surface area (Å²) in [7, 11) is 1.41. The number of ether oxygens (including phenoxy) is 1. The van der Waals surface area contributed by atoms with Crippen molar-refractivity contribution < 1.29 is 19.0 Å². The van der Waals surface area contributed by atoms with E-state index < -0.39 is 5.82 Å². The average molecular weight is 307 g/mol. The number of methoxy groups -OCH3 is 1. The molecule has 4 nitrogen and oxygen atoms in total. The fourth-order valence-electron chi connectivity index (χ4n) is 2.79. The second-order valence-electron chi connectivity index (χ2n) is 5.42. The van der Waals surface area contributed by atoms with E-state index in [9.17, 15) is 9.18 Å². The normalized spacial score (nSPS) is 18.7. The van der Waals surface area contributed by atoms with E-state index in [1.165, 1.54) is 25.3 Å². The molecule has 0 spiro atoms. The lowest BCUT2D eigenvalue weighted by atomic mass is 9.99. The summed E-state index contributed by atoms with van der Waals surface area (Å²) < 4.78 is 18.5. The van der Waals surface area contributed by atoms with Crippen LogP contribution >= 0.6 is 0 Å². The number of aliphatic hydroxyl groups is 1. The maximum absolute atomic E-state index is 13.6. The maximum Gasteiger partial charge on any atom is 0.246 e. The van der Waals surface area contributed by atoms with Gasteiger partial charge in [-0.05, 0) is 49.5 Å². The van der Waals surface area contributed by atoms with Gasteiger partial charge in [-0.15, -0.1) is 0 Å². The van der Waals surface area contributed by atoms with Gasteiger partial charge in [-0.2, -0.15) is 0 Å². The fourth-order valence-corrected chi connectivity index (χ4v) is 2.79. The first-order valence-corrected chi connectivity index (χ1v) is 7.58. The highest BCUT2D eigenvalue weighted by atomic mass is 19.1. The van der Waals surface area contributed by atoms with Gasteiger partial charge in [0, 0.05) is 25.3 Å². The van der Waals surface area contributed by atoms with Crippen LogP contribution in [0, 0.1) is 5.82 Å². The second-order valence-corrected chi connectivity index (χ2v) is 5.42. The molecule has 2 rings (SSSR count). The summed E-state index contributed by atoms with van der Waals surface area (Å²) in [5.41, 5.74) is 0.613. The summed E-state index contributed by atoms with van der Waals surface area (Å²) in [4.78, 5) is 14.1. The Morgan fingerprint density at radius 2 is 2.32 bits per heavy atom. The summed E-state index contributed by atoms with van der Waals surface area (Å²) in [6.07, 6.45) is 6.68. The number of likely N-dealkylation sites (tertiary alicyclic amines) is 1. The Bertz CT molecular complexity index is 543. The number of hydrogen-bond donors (Lipinski definition) is 1. The molecule has 1 saturated heterocycles. The van der Waals surface area contributed by atoms with Crippen LogP contribution in [0.25, 0.3) is 6.08 Å². The number of benzene rings is 1. The molecule has 0 bridgehead atoms. The number of piperidine rings is 1. The topological polar surface area (TPSA) is 49.8 Å². The van der Waals surface area contributed by atoms with Crippen molar-refractivity contribution in [3.8, 4) is 5.75 Å². The van der Waals surface area contributed by atoms with Crippen LogP contribution in [0.2, 0.25) is 0 Å². The van der Waals surface area contributed by atoms with Crippen molar-refractivity contribution in [2.45, 2.75) is 31.7 Å². The first-order chi connectivity index (χ1) is 10.7. The highest BCUT2D eigenvalue weighted by Gasteiger charge is 2.24. The predicted molar refractivity (Wildman–Crippen MR) is 83.0 cm³/mol. The molecule has 0 aromatic heterocycles. The van der Waals surface area contributed by atoms with Crippen molar-refractivity contribution >= 4 is 12.0 Å². The smallest absolute Gasteiger partial charge is 0.246 e. The number of amides is 1. The highest BCUT2D eigenvalue weighted by molar-refractivity contribution is 5.92. The molecule has 0 saturated carbocycles. The molecule has 1 unspecified atom stereocenters. The number of nitrogens with zero attached hydrogens (tertiary/aromatic N) is 1. The van der Waals surface area contributed by atoms with Gasteiger partial charge in [0.15, 0.2) is 11.6 Å². The standard InChI is InChI=1S/C17H22FNO3/c1-22-16-7-5-13(12-15(16)18)6-8-17(21)19-10-3-2-4-14(19)9-11-20/h5-8,12,14,20H,2-4,9-11H2,1H3/b8-6+. The highest BCUT2D eigenvalue weighted by Crippen LogP contribution is 2.21. The number of rotatable bonds is 5. The van der Waals surface area contributed by atoms with Crippen LogP contribution in [0.1, 0.15) is 31.2 Å². The molecule has 5 heteroatoms. The quantitative estimate of drug-likeness (QED) is 0.851. The summed E-state index contributed by atoms with van der Waals surface area (Å²) in [5.74, 6) is -0.356. The van der Waals surface area contributed by atoms with E-state index >= 15 is 0 Å². The zero-order valence-electron chi connectivity index (χ0n) is 12.8. The van der Waals surface area contributed by atoms with E-state index in [-0.39, 0.29) is 24.3 Å². The fraction of sp³-hybridized carbons (Fsp3) is 0.471. The first kappa shape index (κ1) is 16.5. The molecule has 0 aliphatic carbocycles. The summed E-state index contributed by atoms with van der Waals surface area (Å²) in [6.45, 7) is 0.798. The largest absolute Gasteiger partial charge is 0.494 e. The molecule has 1 aromatic carbocycles. The molecule has 1 aliphatic heterocycles. The summed E-state index contributed by atoms with van der Waals surface area (Å²) >= 11 is 0. The number of carbonyl (C=O) groups is 1. The van der Waals surface area contributed by atoms with Crippen LogP contribution in [0.15, 0.2) is 24.3 Å². The van der Waals surface area contributed by atoms with Crippen molar-refractivity contribution in [3.63, 3.8) is 0 Å². The first-order valence-electron chi connectivity index (χ1n) is 7.58. The monoisotopic (exact) mass is 307 g/mol. The minimum absolute atomic E-state index is 0.0852. The van der Waals surface area contributed by atoms with Gasteiger partial charge in [0.2, 0.25) is 5.91 Å². The molecule has 1 amide bonds. The van der Waals surface area contributed by atoms with E-state index in [0.717, 1.165) is 19.3 Å². The molecular formula is C17H22FNO3. The van der Waals surface area contributed by atoms with Crippen molar-refractivity contribution in [2.75, 3.05) is 20.3 Å². The van der Waals surface area contributed by atoms with Gasteiger partial charge >= 0.3 is 0 Å². The molecule has 1 N–H and O–H groups in total. The van der Waals surface area contributed by atoms with Crippen LogP contribution in [-0.4, -0.2) is 42.2 Å². The zero-order chi connectivity index (χ0) is 15.9. The van der Waals surface area contributed by atoms with E-state index in [1.54, 1.807) is 17.0 Å². The van der Waals surface area contributed by atoms with Gasteiger partial charge < -0.3 is 14.7 Å². The maximum atomic E-state index is 13.6. The Labute approximate surface area is 130 Å². The average Bonchev–Trinajstić information content (AvgIpc) is 2.53. The summed E-state index contributed by atoms with van der Waals surface area (Å²) in [6, 6.07) is 4.68. The molecule has 1 aliphatic rings. The minimum Gasteiger partial charge on any atom is -0.494 e. The lowest BCUT2D eigenvalue weighted by Crippen LogP contribution is -2.43. The lowest BCUT2D eigenvalue weighted by Gasteiger charge is -2.34. The number of hydrogen-bond acceptors (Lipinski definition) is 3.